The van der Waals surface area contributed by atoms with E-state index in [9.17, 15) is 4.79 Å². The maximum atomic E-state index is 12.3. The molecule has 1 aliphatic rings. The molecule has 1 heterocycles. The highest BCUT2D eigenvalue weighted by Gasteiger charge is 2.50. The van der Waals surface area contributed by atoms with Crippen molar-refractivity contribution in [3.05, 3.63) is 96.6 Å². The van der Waals surface area contributed by atoms with Crippen molar-refractivity contribution in [1.82, 2.24) is 0 Å². The first-order chi connectivity index (χ1) is 16.4. The Morgan fingerprint density at radius 1 is 0.794 bits per heavy atom. The SMILES string of the molecule is CC(C)(C)[Si](OC[C@@H]1CC[C@H](COC(=O)c2ccccc2)O1)(c1ccccc1)c1ccccc1. The molecule has 0 aliphatic carbocycles. The van der Waals surface area contributed by atoms with Gasteiger partial charge in [0.15, 0.2) is 0 Å². The first kappa shape index (κ1) is 24.4. The third-order valence-electron chi connectivity index (χ3n) is 6.51. The summed E-state index contributed by atoms with van der Waals surface area (Å²) in [5.41, 5.74) is 0.562. The second-order valence-electron chi connectivity index (χ2n) is 9.90. The Morgan fingerprint density at radius 2 is 1.26 bits per heavy atom. The molecular weight excluding hydrogens is 440 g/mol. The number of ether oxygens (including phenoxy) is 2. The fourth-order valence-corrected chi connectivity index (χ4v) is 9.42. The van der Waals surface area contributed by atoms with E-state index in [1.54, 1.807) is 12.1 Å². The van der Waals surface area contributed by atoms with Crippen LogP contribution in [0.4, 0.5) is 0 Å². The van der Waals surface area contributed by atoms with Crippen LogP contribution in [0.15, 0.2) is 91.0 Å². The van der Waals surface area contributed by atoms with Crippen LogP contribution in [0.5, 0.6) is 0 Å². The van der Waals surface area contributed by atoms with Gasteiger partial charge in [0, 0.05) is 0 Å². The standard InChI is InChI=1S/C29H34O4Si/c1-29(2,3)34(26-15-9-5-10-16-26,27-17-11-6-12-18-27)32-22-25-20-19-24(33-25)21-31-28(30)23-13-7-4-8-14-23/h4-18,24-25H,19-22H2,1-3H3/t24-,25+/m1/s1. The van der Waals surface area contributed by atoms with Crippen LogP contribution in [0.25, 0.3) is 0 Å². The van der Waals surface area contributed by atoms with Gasteiger partial charge in [0.05, 0.1) is 24.4 Å². The fraction of sp³-hybridized carbons (Fsp3) is 0.345. The van der Waals surface area contributed by atoms with Crippen LogP contribution >= 0.6 is 0 Å². The lowest BCUT2D eigenvalue weighted by atomic mass is 10.2. The molecule has 0 N–H and O–H groups in total. The van der Waals surface area contributed by atoms with Gasteiger partial charge < -0.3 is 13.9 Å². The zero-order valence-corrected chi connectivity index (χ0v) is 21.3. The largest absolute Gasteiger partial charge is 0.459 e. The zero-order valence-electron chi connectivity index (χ0n) is 20.3. The van der Waals surface area contributed by atoms with Gasteiger partial charge in [-0.25, -0.2) is 4.79 Å². The normalized spacial score (nSPS) is 18.6. The number of hydrogen-bond donors (Lipinski definition) is 0. The Labute approximate surface area is 204 Å². The van der Waals surface area contributed by atoms with Gasteiger partial charge in [0.25, 0.3) is 8.32 Å². The minimum Gasteiger partial charge on any atom is -0.459 e. The quantitative estimate of drug-likeness (QED) is 0.342. The van der Waals surface area contributed by atoms with Gasteiger partial charge in [0.2, 0.25) is 0 Å². The number of carbonyl (C=O) groups excluding carboxylic acids is 1. The molecule has 3 aromatic rings. The van der Waals surface area contributed by atoms with Crippen molar-refractivity contribution < 1.29 is 18.7 Å². The molecule has 1 aliphatic heterocycles. The van der Waals surface area contributed by atoms with Crippen LogP contribution < -0.4 is 10.4 Å². The van der Waals surface area contributed by atoms with E-state index in [0.29, 0.717) is 12.2 Å². The first-order valence-corrected chi connectivity index (χ1v) is 13.9. The van der Waals surface area contributed by atoms with Crippen molar-refractivity contribution >= 4 is 24.7 Å². The highest BCUT2D eigenvalue weighted by molar-refractivity contribution is 6.99. The summed E-state index contributed by atoms with van der Waals surface area (Å²) in [5.74, 6) is -0.309. The monoisotopic (exact) mass is 474 g/mol. The predicted molar refractivity (Wildman–Crippen MR) is 138 cm³/mol. The lowest BCUT2D eigenvalue weighted by molar-refractivity contribution is -0.0209. The Bertz CT molecular complexity index is 1010. The van der Waals surface area contributed by atoms with Gasteiger partial charge in [0.1, 0.15) is 6.61 Å². The number of carbonyl (C=O) groups is 1. The van der Waals surface area contributed by atoms with Crippen LogP contribution in [0.3, 0.4) is 0 Å². The number of esters is 1. The molecule has 178 valence electrons. The summed E-state index contributed by atoms with van der Waals surface area (Å²) < 4.78 is 18.7. The fourth-order valence-electron chi connectivity index (χ4n) is 4.83. The van der Waals surface area contributed by atoms with Crippen LogP contribution in [-0.4, -0.2) is 39.7 Å². The molecule has 34 heavy (non-hydrogen) atoms. The van der Waals surface area contributed by atoms with Gasteiger partial charge in [-0.3, -0.25) is 0 Å². The summed E-state index contributed by atoms with van der Waals surface area (Å²) in [6.45, 7) is 7.63. The van der Waals surface area contributed by atoms with E-state index < -0.39 is 8.32 Å². The Balaban J connectivity index is 1.45. The molecule has 5 heteroatoms. The van der Waals surface area contributed by atoms with Crippen molar-refractivity contribution in [3.8, 4) is 0 Å². The molecule has 2 atom stereocenters. The van der Waals surface area contributed by atoms with E-state index in [1.165, 1.54) is 10.4 Å². The van der Waals surface area contributed by atoms with E-state index in [4.69, 9.17) is 13.9 Å². The maximum Gasteiger partial charge on any atom is 0.338 e. The molecule has 0 spiro atoms. The van der Waals surface area contributed by atoms with Crippen LogP contribution in [-0.2, 0) is 13.9 Å². The van der Waals surface area contributed by atoms with E-state index in [1.807, 2.05) is 18.2 Å². The lowest BCUT2D eigenvalue weighted by Crippen LogP contribution is -2.67. The van der Waals surface area contributed by atoms with Crippen LogP contribution in [0, 0.1) is 0 Å². The molecule has 0 aromatic heterocycles. The minimum atomic E-state index is -2.58. The summed E-state index contributed by atoms with van der Waals surface area (Å²) in [6.07, 6.45) is 1.64. The molecule has 0 unspecified atom stereocenters. The number of hydrogen-bond acceptors (Lipinski definition) is 4. The Kier molecular flexibility index (Phi) is 7.66. The van der Waals surface area contributed by atoms with Crippen molar-refractivity contribution in [2.24, 2.45) is 0 Å². The van der Waals surface area contributed by atoms with Gasteiger partial charge in [-0.1, -0.05) is 99.6 Å². The average molecular weight is 475 g/mol. The molecule has 0 bridgehead atoms. The molecule has 0 amide bonds. The summed E-state index contributed by atoms with van der Waals surface area (Å²) in [7, 11) is -2.58. The molecular formula is C29H34O4Si. The molecule has 1 fully saturated rings. The van der Waals surface area contributed by atoms with Crippen LogP contribution in [0.1, 0.15) is 44.0 Å². The summed E-state index contributed by atoms with van der Waals surface area (Å²) in [6, 6.07) is 30.4. The average Bonchev–Trinajstić information content (AvgIpc) is 3.32. The second-order valence-corrected chi connectivity index (χ2v) is 14.2. The highest BCUT2D eigenvalue weighted by atomic mass is 28.4. The van der Waals surface area contributed by atoms with E-state index in [2.05, 4.69) is 81.4 Å². The topological polar surface area (TPSA) is 44.8 Å². The Morgan fingerprint density at radius 3 is 1.76 bits per heavy atom. The highest BCUT2D eigenvalue weighted by Crippen LogP contribution is 2.37. The predicted octanol–water partition coefficient (Wildman–Crippen LogP) is 4.97. The smallest absolute Gasteiger partial charge is 0.338 e. The van der Waals surface area contributed by atoms with E-state index in [-0.39, 0.29) is 29.8 Å². The third-order valence-corrected chi connectivity index (χ3v) is 11.5. The summed E-state index contributed by atoms with van der Waals surface area (Å²) in [5, 5.41) is 2.46. The molecule has 4 nitrogen and oxygen atoms in total. The lowest BCUT2D eigenvalue weighted by Gasteiger charge is -2.43. The summed E-state index contributed by atoms with van der Waals surface area (Å²) >= 11 is 0. The Hall–Kier alpha value is -2.73. The molecule has 1 saturated heterocycles. The van der Waals surface area contributed by atoms with E-state index in [0.717, 1.165) is 12.8 Å². The zero-order chi connectivity index (χ0) is 24.0. The van der Waals surface area contributed by atoms with Crippen molar-refractivity contribution in [2.75, 3.05) is 13.2 Å². The number of rotatable bonds is 8. The van der Waals surface area contributed by atoms with Crippen LogP contribution in [0.2, 0.25) is 5.04 Å². The van der Waals surface area contributed by atoms with E-state index >= 15 is 0 Å². The maximum absolute atomic E-state index is 12.3. The number of benzene rings is 3. The molecule has 0 saturated carbocycles. The van der Waals surface area contributed by atoms with Crippen molar-refractivity contribution in [1.29, 1.82) is 0 Å². The summed E-state index contributed by atoms with van der Waals surface area (Å²) in [4.78, 5) is 12.3. The molecule has 0 radical (unpaired) electrons. The van der Waals surface area contributed by atoms with Crippen molar-refractivity contribution in [3.63, 3.8) is 0 Å². The minimum absolute atomic E-state index is 0.0120. The van der Waals surface area contributed by atoms with Gasteiger partial charge in [-0.2, -0.15) is 0 Å². The third kappa shape index (κ3) is 5.33. The molecule has 4 rings (SSSR count). The van der Waals surface area contributed by atoms with Gasteiger partial charge in [-0.15, -0.1) is 0 Å². The van der Waals surface area contributed by atoms with Gasteiger partial charge >= 0.3 is 5.97 Å². The first-order valence-electron chi connectivity index (χ1n) is 12.0. The van der Waals surface area contributed by atoms with Gasteiger partial charge in [-0.05, 0) is 40.4 Å². The second kappa shape index (κ2) is 10.7. The molecule has 3 aromatic carbocycles. The van der Waals surface area contributed by atoms with Crippen molar-refractivity contribution in [2.45, 2.75) is 50.9 Å².